The van der Waals surface area contributed by atoms with Crippen LogP contribution in [0.5, 0.6) is 0 Å². The minimum Gasteiger partial charge on any atom is -0.447 e. The Labute approximate surface area is 132 Å². The van der Waals surface area contributed by atoms with Crippen molar-refractivity contribution in [2.75, 3.05) is 27.2 Å². The first-order valence-corrected chi connectivity index (χ1v) is 6.73. The van der Waals surface area contributed by atoms with E-state index in [1.165, 1.54) is 25.2 Å². The van der Waals surface area contributed by atoms with Crippen LogP contribution in [-0.4, -0.2) is 49.2 Å². The number of aromatic amines is 1. The van der Waals surface area contributed by atoms with Gasteiger partial charge in [0.05, 0.1) is 6.04 Å². The van der Waals surface area contributed by atoms with Crippen molar-refractivity contribution >= 4 is 17.0 Å². The molecule has 1 aliphatic rings. The van der Waals surface area contributed by atoms with E-state index < -0.39 is 25.0 Å². The van der Waals surface area contributed by atoms with Gasteiger partial charge >= 0.3 is 6.09 Å². The molecule has 2 aromatic rings. The second-order valence-electron chi connectivity index (χ2n) is 5.22. The molecule has 1 aliphatic heterocycles. The van der Waals surface area contributed by atoms with E-state index in [1.807, 2.05) is 0 Å². The highest BCUT2D eigenvalue weighted by atomic mass is 16.6. The van der Waals surface area contributed by atoms with Gasteiger partial charge in [-0.15, -0.1) is 0 Å². The van der Waals surface area contributed by atoms with E-state index in [-0.39, 0.29) is 12.2 Å². The van der Waals surface area contributed by atoms with Gasteiger partial charge in [0.2, 0.25) is 0 Å². The van der Waals surface area contributed by atoms with Gasteiger partial charge in [0.25, 0.3) is 0 Å². The fourth-order valence-corrected chi connectivity index (χ4v) is 2.28. The van der Waals surface area contributed by atoms with E-state index in [1.54, 1.807) is 18.2 Å². The Morgan fingerprint density at radius 1 is 1.52 bits per heavy atom. The van der Waals surface area contributed by atoms with Crippen molar-refractivity contribution in [3.63, 3.8) is 0 Å². The van der Waals surface area contributed by atoms with E-state index in [0.717, 1.165) is 15.9 Å². The first-order chi connectivity index (χ1) is 12.5. The Hall–Kier alpha value is -2.01. The Bertz CT molecular complexity index is 882. The molecule has 2 heterocycles. The molecule has 21 heavy (non-hydrogen) atoms. The van der Waals surface area contributed by atoms with Crippen LogP contribution in [0.15, 0.2) is 24.4 Å². The lowest BCUT2D eigenvalue weighted by Gasteiger charge is -2.09. The number of rotatable bonds is 5. The number of carbonyl (C=O) groups excluding carboxylic acids is 1. The smallest absolute Gasteiger partial charge is 0.407 e. The zero-order valence-corrected chi connectivity index (χ0v) is 12.0. The number of nitrogens with one attached hydrogen (secondary N) is 2. The number of hydrogen-bond acceptors (Lipinski definition) is 3. The molecule has 1 amide bonds. The number of fused-ring (bicyclic) bond motifs is 1. The standard InChI is InChI=1S/C16H21N3O2/c1-19(2)6-5-12-9-17-15-4-3-11(8-14(12)15)7-13-10-21-16(20)18-13/h3-4,8-9,13,17H,5-7,10H2,1-2H3,(H,18,20)/t13-/m0/s1/i5D2,6D2/hD2. The molecule has 0 unspecified atom stereocenters. The van der Waals surface area contributed by atoms with Gasteiger partial charge in [-0.25, -0.2) is 4.79 Å². The number of nitrogens with zero attached hydrogens (tertiary/aromatic N) is 1. The summed E-state index contributed by atoms with van der Waals surface area (Å²) >= 11 is 0. The second-order valence-corrected chi connectivity index (χ2v) is 5.22. The molecule has 1 fully saturated rings. The van der Waals surface area contributed by atoms with Crippen molar-refractivity contribution in [2.45, 2.75) is 18.8 Å². The second kappa shape index (κ2) is 5.77. The maximum atomic E-state index is 11.3. The van der Waals surface area contributed by atoms with Gasteiger partial charge in [-0.1, -0.05) is 6.07 Å². The summed E-state index contributed by atoms with van der Waals surface area (Å²) in [7, 11) is 2.92. The molecule has 5 nitrogen and oxygen atoms in total. The molecule has 1 atom stereocenters. The molecule has 1 aromatic heterocycles. The molecular formula is C16H21N3O2. The maximum Gasteiger partial charge on any atom is 0.407 e. The van der Waals surface area contributed by atoms with E-state index in [4.69, 9.17) is 13.0 Å². The Kier molecular flexibility index (Phi) is 2.32. The molecule has 0 spiro atoms. The first-order valence-electron chi connectivity index (χ1n) is 9.62. The molecule has 2 N–H and O–H groups in total. The fourth-order valence-electron chi connectivity index (χ4n) is 2.28. The van der Waals surface area contributed by atoms with Gasteiger partial charge in [0.1, 0.15) is 6.61 Å². The quantitative estimate of drug-likeness (QED) is 0.885. The van der Waals surface area contributed by atoms with E-state index in [9.17, 15) is 4.79 Å². The minimum atomic E-state index is -2.37. The minimum absolute atomic E-state index is 0.0783. The third kappa shape index (κ3) is 3.19. The highest BCUT2D eigenvalue weighted by Crippen LogP contribution is 2.21. The van der Waals surface area contributed by atoms with Crippen LogP contribution < -0.4 is 5.31 Å². The largest absolute Gasteiger partial charge is 0.447 e. The van der Waals surface area contributed by atoms with Crippen molar-refractivity contribution in [3.8, 4) is 0 Å². The summed E-state index contributed by atoms with van der Waals surface area (Å²) in [6, 6.07) is 4.66. The van der Waals surface area contributed by atoms with Crippen LogP contribution in [0, 0.1) is 0 Å². The number of alkyl carbamates (subject to hydrolysis) is 1. The molecule has 0 aliphatic carbocycles. The van der Waals surface area contributed by atoms with Crippen LogP contribution in [0.4, 0.5) is 4.79 Å². The number of benzene rings is 1. The number of aryl methyl sites for hydroxylation is 1. The van der Waals surface area contributed by atoms with Crippen LogP contribution in [-0.2, 0) is 17.5 Å². The number of carbonyl (C=O) groups is 1. The highest BCUT2D eigenvalue weighted by molar-refractivity contribution is 5.84. The number of likely N-dealkylation sites (N-methyl/N-ethyl adjacent to an activating group) is 1. The normalized spacial score (nSPS) is 24.2. The lowest BCUT2D eigenvalue weighted by molar-refractivity contribution is 0.177. The number of aromatic nitrogens is 1. The number of H-pyrrole nitrogens is 1. The van der Waals surface area contributed by atoms with E-state index >= 15 is 0 Å². The van der Waals surface area contributed by atoms with Crippen molar-refractivity contribution in [1.29, 1.82) is 0 Å². The van der Waals surface area contributed by atoms with Crippen LogP contribution in [0.2, 0.25) is 2.82 Å². The van der Waals surface area contributed by atoms with Crippen LogP contribution >= 0.6 is 0 Å². The Morgan fingerprint density at radius 3 is 3.10 bits per heavy atom. The average Bonchev–Trinajstić information content (AvgIpc) is 3.09. The average molecular weight is 293 g/mol. The topological polar surface area (TPSA) is 57.4 Å². The van der Waals surface area contributed by atoms with Crippen molar-refractivity contribution in [3.05, 3.63) is 35.5 Å². The van der Waals surface area contributed by atoms with Gasteiger partial charge in [0, 0.05) is 29.1 Å². The number of cyclic esters (lactones) is 1. The fraction of sp³-hybridized carbons (Fsp3) is 0.438. The molecular weight excluding hydrogens is 266 g/mol. The molecule has 112 valence electrons. The Morgan fingerprint density at radius 2 is 2.38 bits per heavy atom. The van der Waals surface area contributed by atoms with Gasteiger partial charge in [0.15, 0.2) is 2.82 Å². The third-order valence-corrected chi connectivity index (χ3v) is 3.26. The predicted octanol–water partition coefficient (Wildman–Crippen LogP) is 1.92. The maximum absolute atomic E-state index is 11.3. The molecule has 1 aromatic carbocycles. The van der Waals surface area contributed by atoms with E-state index in [2.05, 4.69) is 0 Å². The summed E-state index contributed by atoms with van der Waals surface area (Å²) in [5.41, 5.74) is 1.28. The van der Waals surface area contributed by atoms with Gasteiger partial charge < -0.3 is 19.9 Å². The predicted molar refractivity (Wildman–Crippen MR) is 82.5 cm³/mol. The third-order valence-electron chi connectivity index (χ3n) is 3.26. The first kappa shape index (κ1) is 8.44. The van der Waals surface area contributed by atoms with Gasteiger partial charge in [-0.3, -0.25) is 0 Å². The van der Waals surface area contributed by atoms with Crippen molar-refractivity contribution in [1.82, 2.24) is 15.2 Å². The van der Waals surface area contributed by atoms with Crippen molar-refractivity contribution < 1.29 is 17.8 Å². The summed E-state index contributed by atoms with van der Waals surface area (Å²) in [4.78, 5) is 13.5. The summed E-state index contributed by atoms with van der Waals surface area (Å²) in [5, 5.41) is 1.21. The van der Waals surface area contributed by atoms with Crippen LogP contribution in [0.25, 0.3) is 10.9 Å². The number of hydrogen-bond donors (Lipinski definition) is 2. The SMILES string of the molecule is [2H]N1C(=O)OC[C@@H]1Cc1ccc2c(c1)c(C([2H])([2H])C([2H])([2H])N(C)C)cn2[2H]. The summed E-state index contributed by atoms with van der Waals surface area (Å²) in [6.07, 6.45) is -1.44. The summed E-state index contributed by atoms with van der Waals surface area (Å²) in [5.74, 6) is 0. The zero-order valence-electron chi connectivity index (χ0n) is 18.0. The highest BCUT2D eigenvalue weighted by Gasteiger charge is 2.22. The summed E-state index contributed by atoms with van der Waals surface area (Å²) in [6.45, 7) is -2.18. The molecule has 1 saturated heterocycles. The van der Waals surface area contributed by atoms with Crippen LogP contribution in [0.3, 0.4) is 0 Å². The van der Waals surface area contributed by atoms with Crippen molar-refractivity contribution in [2.24, 2.45) is 0 Å². The number of amides is 1. The molecule has 3 rings (SSSR count). The van der Waals surface area contributed by atoms with E-state index in [0.29, 0.717) is 17.3 Å². The molecule has 0 bridgehead atoms. The number of ether oxygens (including phenoxy) is 1. The summed E-state index contributed by atoms with van der Waals surface area (Å²) < 4.78 is 53.7. The monoisotopic (exact) mass is 293 g/mol. The van der Waals surface area contributed by atoms with Crippen LogP contribution in [0.1, 0.15) is 16.6 Å². The van der Waals surface area contributed by atoms with Gasteiger partial charge in [-0.2, -0.15) is 0 Å². The molecule has 5 heteroatoms. The molecule has 0 saturated carbocycles. The Balaban J connectivity index is 2.04. The lowest BCUT2D eigenvalue weighted by Crippen LogP contribution is -2.28. The zero-order chi connectivity index (χ0) is 20.1. The lowest BCUT2D eigenvalue weighted by atomic mass is 10.0. The molecule has 0 radical (unpaired) electrons. The van der Waals surface area contributed by atoms with Gasteiger partial charge in [-0.05, 0) is 50.1 Å².